The highest BCUT2D eigenvalue weighted by molar-refractivity contribution is 6.16. The zero-order valence-corrected chi connectivity index (χ0v) is 12.7. The Morgan fingerprint density at radius 2 is 1.75 bits per heavy atom. The van der Waals surface area contributed by atoms with Crippen LogP contribution in [0.25, 0.3) is 44.1 Å². The molecule has 2 aromatic carbocycles. The average molecular weight is 313 g/mol. The van der Waals surface area contributed by atoms with Gasteiger partial charge < -0.3 is 4.42 Å². The average Bonchev–Trinajstić information content (AvgIpc) is 3.06. The molecule has 5 rings (SSSR count). The third-order valence-corrected chi connectivity index (χ3v) is 4.27. The van der Waals surface area contributed by atoms with Crippen molar-refractivity contribution in [3.8, 4) is 11.3 Å². The molecule has 0 aliphatic carbocycles. The van der Waals surface area contributed by atoms with Crippen LogP contribution in [0, 0.1) is 6.85 Å². The Labute approximate surface area is 142 Å². The molecule has 0 bridgehead atoms. The predicted molar refractivity (Wildman–Crippen MR) is 97.0 cm³/mol. The van der Waals surface area contributed by atoms with Gasteiger partial charge in [-0.1, -0.05) is 18.2 Å². The number of pyridine rings is 2. The number of nitrogens with zero attached hydrogens (tertiary/aromatic N) is 2. The number of rotatable bonds is 1. The Morgan fingerprint density at radius 3 is 2.62 bits per heavy atom. The molecule has 0 spiro atoms. The lowest BCUT2D eigenvalue weighted by atomic mass is 10.1. The van der Waals surface area contributed by atoms with E-state index in [0.717, 1.165) is 33.0 Å². The molecule has 24 heavy (non-hydrogen) atoms. The maximum Gasteiger partial charge on any atom is 0.144 e. The van der Waals surface area contributed by atoms with Crippen molar-refractivity contribution in [3.05, 3.63) is 72.6 Å². The number of benzene rings is 2. The van der Waals surface area contributed by atoms with Gasteiger partial charge in [0.2, 0.25) is 0 Å². The molecule has 0 fully saturated rings. The lowest BCUT2D eigenvalue weighted by Crippen LogP contribution is -1.82. The highest BCUT2D eigenvalue weighted by atomic mass is 16.3. The summed E-state index contributed by atoms with van der Waals surface area (Å²) >= 11 is 0. The van der Waals surface area contributed by atoms with Crippen molar-refractivity contribution >= 4 is 32.8 Å². The first-order valence-corrected chi connectivity index (χ1v) is 7.69. The predicted octanol–water partition coefficient (Wildman–Crippen LogP) is 5.50. The van der Waals surface area contributed by atoms with Gasteiger partial charge in [-0.25, -0.2) is 0 Å². The van der Waals surface area contributed by atoms with Gasteiger partial charge in [0, 0.05) is 37.7 Å². The van der Waals surface area contributed by atoms with Crippen molar-refractivity contribution in [2.75, 3.05) is 0 Å². The highest BCUT2D eigenvalue weighted by Crippen LogP contribution is 2.37. The lowest BCUT2D eigenvalue weighted by molar-refractivity contribution is 0.673. The van der Waals surface area contributed by atoms with Crippen LogP contribution < -0.4 is 0 Å². The second-order valence-electron chi connectivity index (χ2n) is 5.70. The van der Waals surface area contributed by atoms with E-state index in [9.17, 15) is 0 Å². The van der Waals surface area contributed by atoms with Crippen molar-refractivity contribution in [3.63, 3.8) is 0 Å². The number of fused-ring (bicyclic) bond motifs is 5. The fourth-order valence-corrected chi connectivity index (χ4v) is 3.18. The largest absolute Gasteiger partial charge is 0.455 e. The summed E-state index contributed by atoms with van der Waals surface area (Å²) in [6.07, 6.45) is 1.76. The molecule has 114 valence electrons. The second-order valence-corrected chi connectivity index (χ2v) is 5.70. The molecule has 3 heteroatoms. The third kappa shape index (κ3) is 1.85. The molecule has 0 unspecified atom stereocenters. The molecule has 3 heterocycles. The minimum absolute atomic E-state index is 0.0830. The van der Waals surface area contributed by atoms with E-state index in [4.69, 9.17) is 8.53 Å². The quantitative estimate of drug-likeness (QED) is 0.410. The summed E-state index contributed by atoms with van der Waals surface area (Å²) < 4.78 is 28.9. The fraction of sp³-hybridized carbons (Fsp3) is 0.0476. The number of para-hydroxylation sites is 1. The van der Waals surface area contributed by atoms with Crippen molar-refractivity contribution in [2.45, 2.75) is 6.85 Å². The van der Waals surface area contributed by atoms with E-state index in [2.05, 4.69) is 9.97 Å². The first-order valence-electron chi connectivity index (χ1n) is 9.19. The van der Waals surface area contributed by atoms with Crippen LogP contribution in [-0.4, -0.2) is 9.97 Å². The Kier molecular flexibility index (Phi) is 2.15. The Hall–Kier alpha value is -3.20. The molecule has 0 N–H and O–H groups in total. The van der Waals surface area contributed by atoms with Gasteiger partial charge in [0.25, 0.3) is 0 Å². The summed E-state index contributed by atoms with van der Waals surface area (Å²) in [5.74, 6) is 0. The van der Waals surface area contributed by atoms with Crippen molar-refractivity contribution in [1.82, 2.24) is 9.97 Å². The van der Waals surface area contributed by atoms with Crippen LogP contribution in [-0.2, 0) is 0 Å². The number of furan rings is 1. The SMILES string of the molecule is [2H]C([2H])([2H])c1ccc2c(ccc3c4cccc(-c5ccccn5)c4oc23)n1. The van der Waals surface area contributed by atoms with Gasteiger partial charge in [0.05, 0.1) is 11.2 Å². The third-order valence-electron chi connectivity index (χ3n) is 4.27. The second kappa shape index (κ2) is 4.90. The van der Waals surface area contributed by atoms with Crippen LogP contribution in [0.1, 0.15) is 9.81 Å². The van der Waals surface area contributed by atoms with Crippen LogP contribution in [0.3, 0.4) is 0 Å². The van der Waals surface area contributed by atoms with E-state index in [1.54, 1.807) is 18.3 Å². The summed E-state index contributed by atoms with van der Waals surface area (Å²) in [4.78, 5) is 8.75. The van der Waals surface area contributed by atoms with E-state index in [1.165, 1.54) is 0 Å². The first-order chi connectivity index (χ1) is 13.0. The molecule has 3 nitrogen and oxygen atoms in total. The fourth-order valence-electron chi connectivity index (χ4n) is 3.18. The van der Waals surface area contributed by atoms with Crippen LogP contribution in [0.5, 0.6) is 0 Å². The monoisotopic (exact) mass is 313 g/mol. The smallest absolute Gasteiger partial charge is 0.144 e. The molecule has 5 aromatic rings. The number of hydrogen-bond acceptors (Lipinski definition) is 3. The number of hydrogen-bond donors (Lipinski definition) is 0. The van der Waals surface area contributed by atoms with Gasteiger partial charge in [-0.3, -0.25) is 9.97 Å². The van der Waals surface area contributed by atoms with E-state index >= 15 is 0 Å². The molecular weight excluding hydrogens is 296 g/mol. The Morgan fingerprint density at radius 1 is 0.833 bits per heavy atom. The molecular formula is C21H14N2O. The minimum Gasteiger partial charge on any atom is -0.455 e. The number of aromatic nitrogens is 2. The molecule has 0 amide bonds. The zero-order valence-electron chi connectivity index (χ0n) is 15.7. The summed E-state index contributed by atoms with van der Waals surface area (Å²) in [6.45, 7) is -2.23. The molecule has 0 aliphatic heterocycles. The first kappa shape index (κ1) is 10.6. The maximum atomic E-state index is 7.56. The molecule has 0 radical (unpaired) electrons. The highest BCUT2D eigenvalue weighted by Gasteiger charge is 2.14. The molecule has 0 saturated heterocycles. The van der Waals surface area contributed by atoms with Gasteiger partial charge >= 0.3 is 0 Å². The van der Waals surface area contributed by atoms with E-state index in [1.807, 2.05) is 48.5 Å². The van der Waals surface area contributed by atoms with Crippen LogP contribution in [0.4, 0.5) is 0 Å². The molecule has 3 aromatic heterocycles. The normalized spacial score (nSPS) is 13.9. The summed E-state index contributed by atoms with van der Waals surface area (Å²) in [7, 11) is 0. The Bertz CT molecular complexity index is 1310. The van der Waals surface area contributed by atoms with Crippen LogP contribution in [0.2, 0.25) is 0 Å². The van der Waals surface area contributed by atoms with Gasteiger partial charge in [-0.15, -0.1) is 0 Å². The van der Waals surface area contributed by atoms with E-state index < -0.39 is 6.85 Å². The van der Waals surface area contributed by atoms with Gasteiger partial charge in [0.1, 0.15) is 11.2 Å². The summed E-state index contributed by atoms with van der Waals surface area (Å²) in [5, 5.41) is 2.76. The summed E-state index contributed by atoms with van der Waals surface area (Å²) in [6, 6.07) is 18.9. The molecule has 0 aliphatic rings. The number of aryl methyl sites for hydroxylation is 1. The maximum absolute atomic E-state index is 7.56. The van der Waals surface area contributed by atoms with Gasteiger partial charge in [-0.05, 0) is 49.3 Å². The molecule has 0 saturated carbocycles. The van der Waals surface area contributed by atoms with Crippen molar-refractivity contribution in [1.29, 1.82) is 0 Å². The molecule has 0 atom stereocenters. The van der Waals surface area contributed by atoms with Crippen LogP contribution >= 0.6 is 0 Å². The van der Waals surface area contributed by atoms with Crippen LogP contribution in [0.15, 0.2) is 71.3 Å². The topological polar surface area (TPSA) is 38.9 Å². The van der Waals surface area contributed by atoms with Gasteiger partial charge in [0.15, 0.2) is 0 Å². The van der Waals surface area contributed by atoms with Crippen molar-refractivity contribution in [2.24, 2.45) is 0 Å². The van der Waals surface area contributed by atoms with Crippen molar-refractivity contribution < 1.29 is 8.53 Å². The summed E-state index contributed by atoms with van der Waals surface area (Å²) in [5.41, 5.74) is 3.92. The lowest BCUT2D eigenvalue weighted by Gasteiger charge is -2.00. The van der Waals surface area contributed by atoms with Gasteiger partial charge in [-0.2, -0.15) is 0 Å². The Balaban J connectivity index is 1.83. The standard InChI is InChI=1S/C21H14N2O/c1-13-8-9-17-19(23-13)11-10-15-14-5-4-6-16(20(14)24-21(15)17)18-7-2-3-12-22-18/h2-12H,1H3/i1D3. The zero-order chi connectivity index (χ0) is 18.6. The van der Waals surface area contributed by atoms with E-state index in [-0.39, 0.29) is 5.69 Å². The minimum atomic E-state index is -2.23. The van der Waals surface area contributed by atoms with E-state index in [0.29, 0.717) is 11.1 Å².